The maximum absolute atomic E-state index is 12.4. The molecule has 5 N–H and O–H groups in total. The highest BCUT2D eigenvalue weighted by Gasteiger charge is 2.12. The van der Waals surface area contributed by atoms with Crippen LogP contribution in [0.15, 0.2) is 54.9 Å². The number of aliphatic hydroxyl groups is 2. The first-order valence-corrected chi connectivity index (χ1v) is 10.3. The van der Waals surface area contributed by atoms with Crippen molar-refractivity contribution in [3.63, 3.8) is 0 Å². The van der Waals surface area contributed by atoms with E-state index < -0.39 is 12.1 Å². The Hall–Kier alpha value is -3.56. The van der Waals surface area contributed by atoms with Gasteiger partial charge in [-0.1, -0.05) is 18.2 Å². The number of nitrogens with one attached hydrogen (secondary N) is 3. The number of aromatic nitrogens is 2. The van der Waals surface area contributed by atoms with Crippen LogP contribution >= 0.6 is 0 Å². The van der Waals surface area contributed by atoms with Crippen molar-refractivity contribution in [3.05, 3.63) is 60.4 Å². The summed E-state index contributed by atoms with van der Waals surface area (Å²) in [6, 6.07) is 12.2. The van der Waals surface area contributed by atoms with Crippen molar-refractivity contribution >= 4 is 11.7 Å². The summed E-state index contributed by atoms with van der Waals surface area (Å²) in [5.41, 5.74) is 2.99. The standard InChI is InChI=1S/C23H28N4O5/c1-31-19-5-2-4-17(12-19)21(29)8-9-24-23(30)27-20-7-6-16(18-14-25-26-15-18)13-22(20)32-11-3-10-28/h2,4-7,12-15,21,28-29H,3,8-11H2,1H3,(H,25,26)(H2,24,27,30). The molecule has 3 aromatic rings. The Kier molecular flexibility index (Phi) is 8.47. The third-order valence-corrected chi connectivity index (χ3v) is 4.80. The lowest BCUT2D eigenvalue weighted by Gasteiger charge is -2.15. The minimum absolute atomic E-state index is 0.0142. The van der Waals surface area contributed by atoms with E-state index in [-0.39, 0.29) is 13.2 Å². The van der Waals surface area contributed by atoms with Crippen molar-refractivity contribution in [1.82, 2.24) is 15.5 Å². The minimum Gasteiger partial charge on any atom is -0.497 e. The Morgan fingerprint density at radius 2 is 2.09 bits per heavy atom. The second-order valence-electron chi connectivity index (χ2n) is 7.09. The number of ether oxygens (including phenoxy) is 2. The van der Waals surface area contributed by atoms with Gasteiger partial charge >= 0.3 is 6.03 Å². The molecular formula is C23H28N4O5. The van der Waals surface area contributed by atoms with Crippen LogP contribution in [0.1, 0.15) is 24.5 Å². The summed E-state index contributed by atoms with van der Waals surface area (Å²) in [7, 11) is 1.57. The molecule has 9 nitrogen and oxygen atoms in total. The number of carbonyl (C=O) groups excluding carboxylic acids is 1. The molecule has 1 aromatic heterocycles. The first-order chi connectivity index (χ1) is 15.6. The van der Waals surface area contributed by atoms with Crippen LogP contribution in [0.2, 0.25) is 0 Å². The van der Waals surface area contributed by atoms with Crippen molar-refractivity contribution in [2.75, 3.05) is 32.2 Å². The lowest BCUT2D eigenvalue weighted by atomic mass is 10.1. The molecule has 0 saturated heterocycles. The molecule has 0 radical (unpaired) electrons. The van der Waals surface area contributed by atoms with Crippen molar-refractivity contribution in [3.8, 4) is 22.6 Å². The topological polar surface area (TPSA) is 129 Å². The molecule has 0 aliphatic rings. The smallest absolute Gasteiger partial charge is 0.319 e. The molecular weight excluding hydrogens is 412 g/mol. The maximum Gasteiger partial charge on any atom is 0.319 e. The number of aromatic amines is 1. The van der Waals surface area contributed by atoms with Crippen molar-refractivity contribution in [1.29, 1.82) is 0 Å². The van der Waals surface area contributed by atoms with Crippen molar-refractivity contribution < 1.29 is 24.5 Å². The highest BCUT2D eigenvalue weighted by Crippen LogP contribution is 2.31. The number of hydrogen-bond donors (Lipinski definition) is 5. The molecule has 1 unspecified atom stereocenters. The van der Waals surface area contributed by atoms with Gasteiger partial charge in [-0.25, -0.2) is 4.79 Å². The number of H-pyrrole nitrogens is 1. The van der Waals surface area contributed by atoms with Crippen LogP contribution in [0.25, 0.3) is 11.1 Å². The minimum atomic E-state index is -0.725. The predicted octanol–water partition coefficient (Wildman–Crippen LogP) is 3.09. The first kappa shape index (κ1) is 23.1. The fraction of sp³-hybridized carbons (Fsp3) is 0.304. The second kappa shape index (κ2) is 11.7. The SMILES string of the molecule is COc1cccc(C(O)CCNC(=O)Nc2ccc(-c3cn[nH]c3)cc2OCCCO)c1. The monoisotopic (exact) mass is 440 g/mol. The Morgan fingerprint density at radius 1 is 1.22 bits per heavy atom. The number of anilines is 1. The van der Waals surface area contributed by atoms with Gasteiger partial charge in [0.05, 0.1) is 31.7 Å². The molecule has 0 fully saturated rings. The zero-order valence-electron chi connectivity index (χ0n) is 17.9. The van der Waals surface area contributed by atoms with Gasteiger partial charge in [-0.15, -0.1) is 0 Å². The van der Waals surface area contributed by atoms with Crippen LogP contribution in [0.3, 0.4) is 0 Å². The third kappa shape index (κ3) is 6.47. The summed E-state index contributed by atoms with van der Waals surface area (Å²) in [5, 5.41) is 31.6. The van der Waals surface area contributed by atoms with Gasteiger partial charge in [0.15, 0.2) is 0 Å². The Balaban J connectivity index is 1.58. The molecule has 32 heavy (non-hydrogen) atoms. The quantitative estimate of drug-likeness (QED) is 0.292. The summed E-state index contributed by atoms with van der Waals surface area (Å²) < 4.78 is 10.9. The van der Waals surface area contributed by atoms with Gasteiger partial charge in [-0.05, 0) is 41.8 Å². The number of urea groups is 1. The zero-order chi connectivity index (χ0) is 22.8. The van der Waals surface area contributed by atoms with Crippen molar-refractivity contribution in [2.45, 2.75) is 18.9 Å². The molecule has 1 heterocycles. The summed E-state index contributed by atoms with van der Waals surface area (Å²) in [6.07, 6.45) is 3.56. The molecule has 3 rings (SSSR count). The Labute approximate surface area is 186 Å². The first-order valence-electron chi connectivity index (χ1n) is 10.3. The largest absolute Gasteiger partial charge is 0.497 e. The van der Waals surface area contributed by atoms with E-state index in [9.17, 15) is 9.90 Å². The molecule has 0 bridgehead atoms. The van der Waals surface area contributed by atoms with E-state index in [0.29, 0.717) is 36.6 Å². The van der Waals surface area contributed by atoms with Crippen LogP contribution in [0.4, 0.5) is 10.5 Å². The number of benzene rings is 2. The van der Waals surface area contributed by atoms with Gasteiger partial charge in [-0.3, -0.25) is 5.10 Å². The summed E-state index contributed by atoms with van der Waals surface area (Å²) >= 11 is 0. The predicted molar refractivity (Wildman–Crippen MR) is 121 cm³/mol. The van der Waals surface area contributed by atoms with Gasteiger partial charge in [0.1, 0.15) is 11.5 Å². The fourth-order valence-corrected chi connectivity index (χ4v) is 3.08. The van der Waals surface area contributed by atoms with E-state index >= 15 is 0 Å². The van der Waals surface area contributed by atoms with Crippen LogP contribution in [0, 0.1) is 0 Å². The molecule has 0 aliphatic heterocycles. The van der Waals surface area contributed by atoms with E-state index in [4.69, 9.17) is 14.6 Å². The molecule has 2 aromatic carbocycles. The van der Waals surface area contributed by atoms with Gasteiger partial charge in [-0.2, -0.15) is 5.10 Å². The van der Waals surface area contributed by atoms with Crippen LogP contribution < -0.4 is 20.1 Å². The maximum atomic E-state index is 12.4. The Bertz CT molecular complexity index is 994. The number of methoxy groups -OCH3 is 1. The molecule has 1 atom stereocenters. The van der Waals surface area contributed by atoms with Crippen LogP contribution in [0.5, 0.6) is 11.5 Å². The number of aliphatic hydroxyl groups excluding tert-OH is 2. The number of hydrogen-bond acceptors (Lipinski definition) is 6. The van der Waals surface area contributed by atoms with E-state index in [1.807, 2.05) is 24.3 Å². The average molecular weight is 441 g/mol. The molecule has 9 heteroatoms. The van der Waals surface area contributed by atoms with Gasteiger partial charge in [0, 0.05) is 31.3 Å². The van der Waals surface area contributed by atoms with Gasteiger partial charge in [0.25, 0.3) is 0 Å². The lowest BCUT2D eigenvalue weighted by Crippen LogP contribution is -2.30. The van der Waals surface area contributed by atoms with E-state index in [2.05, 4.69) is 20.8 Å². The zero-order valence-corrected chi connectivity index (χ0v) is 17.9. The fourth-order valence-electron chi connectivity index (χ4n) is 3.08. The Morgan fingerprint density at radius 3 is 2.84 bits per heavy atom. The van der Waals surface area contributed by atoms with Gasteiger partial charge < -0.3 is 30.3 Å². The van der Waals surface area contributed by atoms with Crippen molar-refractivity contribution in [2.24, 2.45) is 0 Å². The van der Waals surface area contributed by atoms with E-state index in [0.717, 1.165) is 16.7 Å². The average Bonchev–Trinajstić information content (AvgIpc) is 3.35. The summed E-state index contributed by atoms with van der Waals surface area (Å²) in [4.78, 5) is 12.4. The third-order valence-electron chi connectivity index (χ3n) is 4.80. The molecule has 0 spiro atoms. The number of rotatable bonds is 11. The number of carbonyl (C=O) groups is 1. The number of amides is 2. The van der Waals surface area contributed by atoms with Crippen LogP contribution in [-0.4, -0.2) is 53.3 Å². The lowest BCUT2D eigenvalue weighted by molar-refractivity contribution is 0.167. The highest BCUT2D eigenvalue weighted by molar-refractivity contribution is 5.91. The molecule has 0 aliphatic carbocycles. The molecule has 2 amide bonds. The van der Waals surface area contributed by atoms with Crippen LogP contribution in [-0.2, 0) is 0 Å². The van der Waals surface area contributed by atoms with E-state index in [1.54, 1.807) is 37.7 Å². The van der Waals surface area contributed by atoms with E-state index in [1.165, 1.54) is 0 Å². The summed E-state index contributed by atoms with van der Waals surface area (Å²) in [5.74, 6) is 1.16. The normalized spacial score (nSPS) is 11.6. The molecule has 0 saturated carbocycles. The highest BCUT2D eigenvalue weighted by atomic mass is 16.5. The number of nitrogens with zero attached hydrogens (tertiary/aromatic N) is 1. The second-order valence-corrected chi connectivity index (χ2v) is 7.09. The molecule has 170 valence electrons. The van der Waals surface area contributed by atoms with Gasteiger partial charge in [0.2, 0.25) is 0 Å². The summed E-state index contributed by atoms with van der Waals surface area (Å²) in [6.45, 7) is 0.604.